The summed E-state index contributed by atoms with van der Waals surface area (Å²) in [7, 11) is -1.03. The molecule has 192 valence electrons. The number of aryl methyl sites for hydroxylation is 1. The van der Waals surface area contributed by atoms with Crippen LogP contribution >= 0.6 is 0 Å². The first-order chi connectivity index (χ1) is 16.4. The quantitative estimate of drug-likeness (QED) is 0.504. The smallest absolute Gasteiger partial charge is 0.244 e. The second-order valence-corrected chi connectivity index (χ2v) is 10.6. The zero-order valence-corrected chi connectivity index (χ0v) is 22.2. The molecule has 0 saturated heterocycles. The molecule has 0 aliphatic heterocycles. The number of sulfonamides is 1. The van der Waals surface area contributed by atoms with Gasteiger partial charge in [-0.2, -0.15) is 0 Å². The Morgan fingerprint density at radius 1 is 1.03 bits per heavy atom. The number of methoxy groups -OCH3 is 2. The number of hydrogen-bond acceptors (Lipinski definition) is 6. The molecule has 0 saturated carbocycles. The molecule has 0 bridgehead atoms. The predicted molar refractivity (Wildman–Crippen MR) is 136 cm³/mol. The van der Waals surface area contributed by atoms with E-state index in [1.54, 1.807) is 19.1 Å². The van der Waals surface area contributed by atoms with Crippen molar-refractivity contribution in [1.29, 1.82) is 0 Å². The maximum atomic E-state index is 13.6. The zero-order chi connectivity index (χ0) is 26.3. The van der Waals surface area contributed by atoms with Gasteiger partial charge in [0.1, 0.15) is 24.1 Å². The van der Waals surface area contributed by atoms with Gasteiger partial charge in [0.05, 0.1) is 26.2 Å². The molecule has 0 unspecified atom stereocenters. The lowest BCUT2D eigenvalue weighted by molar-refractivity contribution is -0.139. The van der Waals surface area contributed by atoms with Crippen LogP contribution in [0.2, 0.25) is 0 Å². The van der Waals surface area contributed by atoms with E-state index in [1.807, 2.05) is 45.0 Å². The summed E-state index contributed by atoms with van der Waals surface area (Å²) in [5.41, 5.74) is 2.00. The van der Waals surface area contributed by atoms with E-state index < -0.39 is 28.5 Å². The Balaban J connectivity index is 2.49. The Morgan fingerprint density at radius 2 is 1.71 bits per heavy atom. The highest BCUT2D eigenvalue weighted by atomic mass is 32.2. The van der Waals surface area contributed by atoms with Crippen molar-refractivity contribution in [3.05, 3.63) is 53.6 Å². The molecule has 2 aromatic rings. The summed E-state index contributed by atoms with van der Waals surface area (Å²) in [5, 5.41) is 2.82. The monoisotopic (exact) mass is 505 g/mol. The van der Waals surface area contributed by atoms with Gasteiger partial charge in [0.25, 0.3) is 0 Å². The fourth-order valence-corrected chi connectivity index (χ4v) is 4.43. The van der Waals surface area contributed by atoms with E-state index in [2.05, 4.69) is 5.32 Å². The summed E-state index contributed by atoms with van der Waals surface area (Å²) in [5.74, 6) is -0.192. The third-order valence-corrected chi connectivity index (χ3v) is 6.49. The summed E-state index contributed by atoms with van der Waals surface area (Å²) in [4.78, 5) is 27.8. The van der Waals surface area contributed by atoms with Crippen molar-refractivity contribution in [3.8, 4) is 11.5 Å². The maximum Gasteiger partial charge on any atom is 0.244 e. The number of rotatable bonds is 11. The zero-order valence-electron chi connectivity index (χ0n) is 21.4. The number of amides is 2. The average molecular weight is 506 g/mol. The minimum atomic E-state index is -3.90. The molecule has 9 nitrogen and oxygen atoms in total. The third kappa shape index (κ3) is 7.61. The van der Waals surface area contributed by atoms with E-state index >= 15 is 0 Å². The molecule has 0 aliphatic rings. The first-order valence-electron chi connectivity index (χ1n) is 11.2. The molecule has 2 amide bonds. The maximum absolute atomic E-state index is 13.6. The molecule has 2 rings (SSSR count). The van der Waals surface area contributed by atoms with Crippen LogP contribution in [0.4, 0.5) is 5.69 Å². The van der Waals surface area contributed by atoms with Crippen LogP contribution in [-0.4, -0.2) is 64.2 Å². The van der Waals surface area contributed by atoms with Crippen LogP contribution in [0.25, 0.3) is 0 Å². The normalized spacial score (nSPS) is 12.1. The van der Waals surface area contributed by atoms with Crippen molar-refractivity contribution in [3.63, 3.8) is 0 Å². The second kappa shape index (κ2) is 11.9. The van der Waals surface area contributed by atoms with E-state index in [9.17, 15) is 18.0 Å². The van der Waals surface area contributed by atoms with E-state index in [0.29, 0.717) is 5.75 Å². The number of ether oxygens (including phenoxy) is 2. The van der Waals surface area contributed by atoms with Crippen LogP contribution in [0, 0.1) is 6.92 Å². The van der Waals surface area contributed by atoms with Crippen molar-refractivity contribution < 1.29 is 27.5 Å². The molecule has 10 heteroatoms. The Bertz CT molecular complexity index is 1150. The number of benzene rings is 2. The van der Waals surface area contributed by atoms with Crippen molar-refractivity contribution in [2.24, 2.45) is 0 Å². The van der Waals surface area contributed by atoms with Gasteiger partial charge in [0, 0.05) is 18.7 Å². The lowest BCUT2D eigenvalue weighted by Gasteiger charge is -2.32. The fraction of sp³-hybridized carbons (Fsp3) is 0.440. The summed E-state index contributed by atoms with van der Waals surface area (Å²) < 4.78 is 37.1. The standard InChI is InChI=1S/C25H35N3O6S/c1-17(2)26-25(30)19(4)27(15-20-10-8-9-18(3)13-20)24(29)16-28(35(7,31)32)22-14-21(33-5)11-12-23(22)34-6/h8-14,17,19H,15-16H2,1-7H3,(H,26,30)/t19-/m0/s1. The lowest BCUT2D eigenvalue weighted by Crippen LogP contribution is -2.52. The van der Waals surface area contributed by atoms with Crippen LogP contribution in [0.15, 0.2) is 42.5 Å². The summed E-state index contributed by atoms with van der Waals surface area (Å²) >= 11 is 0. The molecule has 0 aliphatic carbocycles. The van der Waals surface area contributed by atoms with Crippen molar-refractivity contribution in [2.45, 2.75) is 46.3 Å². The molecule has 2 aromatic carbocycles. The Labute approximate surface area is 208 Å². The van der Waals surface area contributed by atoms with Gasteiger partial charge < -0.3 is 19.7 Å². The number of nitrogens with one attached hydrogen (secondary N) is 1. The molecular weight excluding hydrogens is 470 g/mol. The van der Waals surface area contributed by atoms with Crippen LogP contribution in [0.1, 0.15) is 31.9 Å². The first-order valence-corrected chi connectivity index (χ1v) is 13.1. The molecule has 0 aromatic heterocycles. The molecule has 35 heavy (non-hydrogen) atoms. The topological polar surface area (TPSA) is 105 Å². The predicted octanol–water partition coefficient (Wildman–Crippen LogP) is 2.72. The van der Waals surface area contributed by atoms with Gasteiger partial charge in [-0.15, -0.1) is 0 Å². The van der Waals surface area contributed by atoms with Gasteiger partial charge in [0.2, 0.25) is 21.8 Å². The molecule has 0 heterocycles. The van der Waals surface area contributed by atoms with Crippen LogP contribution in [0.3, 0.4) is 0 Å². The third-order valence-electron chi connectivity index (χ3n) is 5.37. The minimum absolute atomic E-state index is 0.116. The van der Waals surface area contributed by atoms with Crippen LogP contribution < -0.4 is 19.1 Å². The molecule has 0 spiro atoms. The van der Waals surface area contributed by atoms with E-state index in [4.69, 9.17) is 9.47 Å². The largest absolute Gasteiger partial charge is 0.497 e. The first kappa shape index (κ1) is 28.0. The van der Waals surface area contributed by atoms with Crippen molar-refractivity contribution >= 4 is 27.5 Å². The number of anilines is 1. The summed E-state index contributed by atoms with van der Waals surface area (Å²) in [6.45, 7) is 6.84. The highest BCUT2D eigenvalue weighted by Gasteiger charge is 2.31. The molecule has 1 atom stereocenters. The lowest BCUT2D eigenvalue weighted by atomic mass is 10.1. The molecular formula is C25H35N3O6S. The second-order valence-electron chi connectivity index (χ2n) is 8.66. The average Bonchev–Trinajstić information content (AvgIpc) is 2.78. The van der Waals surface area contributed by atoms with Crippen LogP contribution in [-0.2, 0) is 26.2 Å². The Hall–Kier alpha value is -3.27. The van der Waals surface area contributed by atoms with Gasteiger partial charge in [0.15, 0.2) is 0 Å². The number of nitrogens with zero attached hydrogens (tertiary/aromatic N) is 2. The highest BCUT2D eigenvalue weighted by molar-refractivity contribution is 7.92. The number of carbonyl (C=O) groups excluding carboxylic acids is 2. The van der Waals surface area contributed by atoms with Gasteiger partial charge >= 0.3 is 0 Å². The molecule has 0 radical (unpaired) electrons. The van der Waals surface area contributed by atoms with Gasteiger partial charge in [-0.3, -0.25) is 13.9 Å². The number of carbonyl (C=O) groups is 2. The summed E-state index contributed by atoms with van der Waals surface area (Å²) in [6.07, 6.45) is 1.01. The van der Waals surface area contributed by atoms with Crippen molar-refractivity contribution in [1.82, 2.24) is 10.2 Å². The van der Waals surface area contributed by atoms with Crippen LogP contribution in [0.5, 0.6) is 11.5 Å². The van der Waals surface area contributed by atoms with Gasteiger partial charge in [-0.1, -0.05) is 29.8 Å². The Kier molecular flexibility index (Phi) is 9.53. The van der Waals surface area contributed by atoms with E-state index in [-0.39, 0.29) is 29.9 Å². The fourth-order valence-electron chi connectivity index (χ4n) is 3.58. The minimum Gasteiger partial charge on any atom is -0.497 e. The van der Waals surface area contributed by atoms with E-state index in [0.717, 1.165) is 21.7 Å². The van der Waals surface area contributed by atoms with Crippen molar-refractivity contribution in [2.75, 3.05) is 31.3 Å². The molecule has 1 N–H and O–H groups in total. The summed E-state index contributed by atoms with van der Waals surface area (Å²) in [6, 6.07) is 11.3. The molecule has 0 fully saturated rings. The van der Waals surface area contributed by atoms with E-state index in [1.165, 1.54) is 25.2 Å². The van der Waals surface area contributed by atoms with Gasteiger partial charge in [-0.05, 0) is 45.4 Å². The highest BCUT2D eigenvalue weighted by Crippen LogP contribution is 2.34. The Morgan fingerprint density at radius 3 is 2.26 bits per heavy atom. The SMILES string of the molecule is COc1ccc(OC)c(N(CC(=O)N(Cc2cccc(C)c2)[C@@H](C)C(=O)NC(C)C)S(C)(=O)=O)c1. The van der Waals surface area contributed by atoms with Gasteiger partial charge in [-0.25, -0.2) is 8.42 Å². The number of hydrogen-bond donors (Lipinski definition) is 1.